The summed E-state index contributed by atoms with van der Waals surface area (Å²) in [5.74, 6) is 1.30. The molecule has 0 saturated carbocycles. The van der Waals surface area contributed by atoms with Gasteiger partial charge >= 0.3 is 11.8 Å². The molecular formula is C23H24N4O4. The lowest BCUT2D eigenvalue weighted by Crippen LogP contribution is -2.21. The fourth-order valence-corrected chi connectivity index (χ4v) is 3.60. The minimum atomic E-state index is -0.327. The molecular weight excluding hydrogens is 396 g/mol. The van der Waals surface area contributed by atoms with E-state index in [-0.39, 0.29) is 11.8 Å². The van der Waals surface area contributed by atoms with Crippen molar-refractivity contribution in [2.75, 3.05) is 28.3 Å². The van der Waals surface area contributed by atoms with Crippen LogP contribution in [0.4, 0.5) is 0 Å². The molecule has 1 N–H and O–H groups in total. The lowest BCUT2D eigenvalue weighted by molar-refractivity contribution is 0.0789. The molecule has 0 aliphatic heterocycles. The van der Waals surface area contributed by atoms with Gasteiger partial charge in [-0.3, -0.25) is 4.79 Å². The van der Waals surface area contributed by atoms with Gasteiger partial charge in [-0.05, 0) is 48.4 Å². The number of H-pyrrole nitrogens is 1. The van der Waals surface area contributed by atoms with Crippen LogP contribution in [0.3, 0.4) is 0 Å². The molecule has 8 heteroatoms. The zero-order valence-corrected chi connectivity index (χ0v) is 18.1. The van der Waals surface area contributed by atoms with E-state index in [4.69, 9.17) is 13.9 Å². The Hall–Kier alpha value is -3.81. The van der Waals surface area contributed by atoms with Crippen LogP contribution < -0.4 is 9.47 Å². The van der Waals surface area contributed by atoms with Gasteiger partial charge in [-0.15, -0.1) is 10.2 Å². The molecule has 8 nitrogen and oxygen atoms in total. The summed E-state index contributed by atoms with van der Waals surface area (Å²) in [7, 11) is 6.52. The number of nitrogens with zero attached hydrogens (tertiary/aromatic N) is 3. The van der Waals surface area contributed by atoms with Crippen LogP contribution in [-0.2, 0) is 6.42 Å². The first-order valence-corrected chi connectivity index (χ1v) is 9.89. The van der Waals surface area contributed by atoms with Crippen LogP contribution in [-0.4, -0.2) is 54.3 Å². The number of aryl methyl sites for hydroxylation is 1. The Morgan fingerprint density at radius 3 is 2.45 bits per heavy atom. The SMILES string of the molecule is CCc1c(-c2ccc(OC)c(OC)c2)[nH]c2ccc(-c3nnc(C(=O)N(C)C)o3)cc12. The second-order valence-corrected chi connectivity index (χ2v) is 7.27. The second-order valence-electron chi connectivity index (χ2n) is 7.27. The molecule has 2 aromatic heterocycles. The number of carbonyl (C=O) groups excluding carboxylic acids is 1. The number of amides is 1. The third kappa shape index (κ3) is 3.61. The number of nitrogens with one attached hydrogen (secondary N) is 1. The first-order valence-electron chi connectivity index (χ1n) is 9.89. The molecule has 160 valence electrons. The predicted molar refractivity (Wildman–Crippen MR) is 118 cm³/mol. The van der Waals surface area contributed by atoms with Gasteiger partial charge in [0.2, 0.25) is 5.89 Å². The van der Waals surface area contributed by atoms with Gasteiger partial charge in [-0.25, -0.2) is 0 Å². The molecule has 4 aromatic rings. The highest BCUT2D eigenvalue weighted by Gasteiger charge is 2.19. The number of benzene rings is 2. The number of methoxy groups -OCH3 is 2. The van der Waals surface area contributed by atoms with E-state index >= 15 is 0 Å². The molecule has 31 heavy (non-hydrogen) atoms. The number of rotatable bonds is 6. The van der Waals surface area contributed by atoms with Crippen molar-refractivity contribution in [1.29, 1.82) is 0 Å². The highest BCUT2D eigenvalue weighted by atomic mass is 16.5. The quantitative estimate of drug-likeness (QED) is 0.503. The Kier molecular flexibility index (Phi) is 5.37. The molecule has 0 unspecified atom stereocenters. The Morgan fingerprint density at radius 1 is 1.03 bits per heavy atom. The van der Waals surface area contributed by atoms with E-state index in [1.807, 2.05) is 36.4 Å². The molecule has 0 saturated heterocycles. The highest BCUT2D eigenvalue weighted by Crippen LogP contribution is 2.37. The van der Waals surface area contributed by atoms with Crippen molar-refractivity contribution in [3.8, 4) is 34.2 Å². The lowest BCUT2D eigenvalue weighted by atomic mass is 10.0. The van der Waals surface area contributed by atoms with Crippen LogP contribution in [0.2, 0.25) is 0 Å². The number of ether oxygens (including phenoxy) is 2. The zero-order chi connectivity index (χ0) is 22.1. The third-order valence-corrected chi connectivity index (χ3v) is 5.19. The Morgan fingerprint density at radius 2 is 1.77 bits per heavy atom. The maximum atomic E-state index is 12.1. The smallest absolute Gasteiger partial charge is 0.310 e. The summed E-state index contributed by atoms with van der Waals surface area (Å²) < 4.78 is 16.4. The molecule has 0 radical (unpaired) electrons. The van der Waals surface area contributed by atoms with Gasteiger partial charge < -0.3 is 23.8 Å². The van der Waals surface area contributed by atoms with Crippen molar-refractivity contribution in [1.82, 2.24) is 20.1 Å². The largest absolute Gasteiger partial charge is 0.493 e. The van der Waals surface area contributed by atoms with E-state index in [0.29, 0.717) is 17.4 Å². The molecule has 0 spiro atoms. The standard InChI is InChI=1S/C23H24N4O4/c1-6-15-16-11-14(21-25-26-22(31-21)23(28)27(2)3)7-9-17(16)24-20(15)13-8-10-18(29-4)19(12-13)30-5/h7-12,24H,6H2,1-5H3. The molecule has 0 atom stereocenters. The minimum absolute atomic E-state index is 0.0316. The molecule has 0 bridgehead atoms. The van der Waals surface area contributed by atoms with Gasteiger partial charge in [-0.2, -0.15) is 0 Å². The van der Waals surface area contributed by atoms with E-state index in [2.05, 4.69) is 22.1 Å². The van der Waals surface area contributed by atoms with Crippen molar-refractivity contribution < 1.29 is 18.7 Å². The summed E-state index contributed by atoms with van der Waals surface area (Å²) in [5.41, 5.74) is 4.93. The topological polar surface area (TPSA) is 93.5 Å². The highest BCUT2D eigenvalue weighted by molar-refractivity contribution is 5.94. The van der Waals surface area contributed by atoms with Crippen LogP contribution in [0.1, 0.15) is 23.2 Å². The van der Waals surface area contributed by atoms with E-state index in [1.165, 1.54) is 4.90 Å². The summed E-state index contributed by atoms with van der Waals surface area (Å²) in [6.07, 6.45) is 0.821. The number of carbonyl (C=O) groups is 1. The molecule has 1 amide bonds. The van der Waals surface area contributed by atoms with Gasteiger partial charge in [0.15, 0.2) is 11.5 Å². The molecule has 0 fully saturated rings. The van der Waals surface area contributed by atoms with E-state index < -0.39 is 0 Å². The van der Waals surface area contributed by atoms with Crippen LogP contribution in [0.25, 0.3) is 33.6 Å². The summed E-state index contributed by atoms with van der Waals surface area (Å²) in [6.45, 7) is 2.11. The van der Waals surface area contributed by atoms with Crippen LogP contribution >= 0.6 is 0 Å². The van der Waals surface area contributed by atoms with Gasteiger partial charge in [0.1, 0.15) is 0 Å². The van der Waals surface area contributed by atoms with Crippen LogP contribution in [0, 0.1) is 0 Å². The van der Waals surface area contributed by atoms with Crippen molar-refractivity contribution in [3.05, 3.63) is 47.9 Å². The van der Waals surface area contributed by atoms with Crippen molar-refractivity contribution in [2.24, 2.45) is 0 Å². The lowest BCUT2D eigenvalue weighted by Gasteiger charge is -2.10. The first kappa shape index (κ1) is 20.5. The van der Waals surface area contributed by atoms with Crippen molar-refractivity contribution >= 4 is 16.8 Å². The maximum Gasteiger partial charge on any atom is 0.310 e. The fraction of sp³-hybridized carbons (Fsp3) is 0.261. The van der Waals surface area contributed by atoms with Gasteiger partial charge in [-0.1, -0.05) is 6.92 Å². The molecule has 2 aromatic carbocycles. The minimum Gasteiger partial charge on any atom is -0.493 e. The van der Waals surface area contributed by atoms with Gasteiger partial charge in [0, 0.05) is 41.8 Å². The average Bonchev–Trinajstić information content (AvgIpc) is 3.42. The number of hydrogen-bond acceptors (Lipinski definition) is 6. The third-order valence-electron chi connectivity index (χ3n) is 5.19. The zero-order valence-electron chi connectivity index (χ0n) is 18.1. The van der Waals surface area contributed by atoms with E-state index in [9.17, 15) is 4.79 Å². The first-order chi connectivity index (χ1) is 15.0. The summed E-state index contributed by atoms with van der Waals surface area (Å²) in [6, 6.07) is 11.7. The van der Waals surface area contributed by atoms with E-state index in [0.717, 1.165) is 39.7 Å². The van der Waals surface area contributed by atoms with E-state index in [1.54, 1.807) is 28.3 Å². The molecule has 0 aliphatic carbocycles. The number of hydrogen-bond donors (Lipinski definition) is 1. The summed E-state index contributed by atoms with van der Waals surface area (Å²) in [4.78, 5) is 17.0. The Labute approximate surface area is 179 Å². The molecule has 0 aliphatic rings. The van der Waals surface area contributed by atoms with Gasteiger partial charge in [0.25, 0.3) is 0 Å². The summed E-state index contributed by atoms with van der Waals surface area (Å²) >= 11 is 0. The number of aromatic nitrogens is 3. The average molecular weight is 420 g/mol. The predicted octanol–water partition coefficient (Wildman–Crippen LogP) is 4.17. The Balaban J connectivity index is 1.79. The summed E-state index contributed by atoms with van der Waals surface area (Å²) in [5, 5.41) is 9.00. The molecule has 4 rings (SSSR count). The maximum absolute atomic E-state index is 12.1. The van der Waals surface area contributed by atoms with Gasteiger partial charge in [0.05, 0.1) is 14.2 Å². The normalized spacial score (nSPS) is 11.0. The molecule has 2 heterocycles. The Bertz CT molecular complexity index is 1260. The fourth-order valence-electron chi connectivity index (χ4n) is 3.60. The number of aromatic amines is 1. The van der Waals surface area contributed by atoms with Crippen LogP contribution in [0.5, 0.6) is 11.5 Å². The van der Waals surface area contributed by atoms with Crippen molar-refractivity contribution in [2.45, 2.75) is 13.3 Å². The van der Waals surface area contributed by atoms with Crippen LogP contribution in [0.15, 0.2) is 40.8 Å². The van der Waals surface area contributed by atoms with Crippen molar-refractivity contribution in [3.63, 3.8) is 0 Å². The monoisotopic (exact) mass is 420 g/mol. The number of fused-ring (bicyclic) bond motifs is 1. The second kappa shape index (κ2) is 8.14.